The van der Waals surface area contributed by atoms with Crippen LogP contribution in [0, 0.1) is 13.8 Å². The molecule has 4 aromatic rings. The lowest BCUT2D eigenvalue weighted by Crippen LogP contribution is -2.18. The molecule has 0 fully saturated rings. The molecule has 0 bridgehead atoms. The molecule has 0 saturated heterocycles. The van der Waals surface area contributed by atoms with E-state index in [2.05, 4.69) is 9.44 Å². The molecule has 4 rings (SSSR count). The lowest BCUT2D eigenvalue weighted by molar-refractivity contribution is 0.0601. The van der Waals surface area contributed by atoms with E-state index < -0.39 is 31.9 Å². The topological polar surface area (TPSA) is 171 Å². The highest BCUT2D eigenvalue weighted by Gasteiger charge is 2.22. The van der Waals surface area contributed by atoms with Gasteiger partial charge in [-0.3, -0.25) is 14.2 Å². The van der Waals surface area contributed by atoms with Gasteiger partial charge in [0, 0.05) is 0 Å². The Morgan fingerprint density at radius 2 is 1.05 bits per heavy atom. The second-order valence-corrected chi connectivity index (χ2v) is 12.6. The lowest BCUT2D eigenvalue weighted by Gasteiger charge is -2.15. The Morgan fingerprint density at radius 1 is 0.643 bits per heavy atom. The standard InChI is InChI=1S/C29H27N3O8S2/c1-18-4-10-22(11-5-18)41(35,36)31-26-14-8-20(16-24(26)28(30)33)40-21-9-15-27(25(17-21)29(34)39-3)32-42(37,38)23-12-6-19(2)7-13-23/h4-17,31-32H,1-3H3,(H2,30,33). The number of nitrogens with one attached hydrogen (secondary N) is 2. The fourth-order valence-corrected chi connectivity index (χ4v) is 5.97. The normalized spacial score (nSPS) is 11.4. The van der Waals surface area contributed by atoms with E-state index in [0.29, 0.717) is 0 Å². The fraction of sp³-hybridized carbons (Fsp3) is 0.103. The number of anilines is 2. The van der Waals surface area contributed by atoms with Crippen LogP contribution in [0.2, 0.25) is 0 Å². The molecule has 0 unspecified atom stereocenters. The van der Waals surface area contributed by atoms with Crippen LogP contribution < -0.4 is 19.9 Å². The fourth-order valence-electron chi connectivity index (χ4n) is 3.81. The van der Waals surface area contributed by atoms with E-state index in [4.69, 9.17) is 15.2 Å². The third kappa shape index (κ3) is 6.87. The van der Waals surface area contributed by atoms with Crippen LogP contribution in [0.5, 0.6) is 11.5 Å². The first kappa shape index (κ1) is 30.1. The van der Waals surface area contributed by atoms with Gasteiger partial charge in [-0.25, -0.2) is 21.6 Å². The summed E-state index contributed by atoms with van der Waals surface area (Å²) in [5.74, 6) is -1.57. The molecule has 4 aromatic carbocycles. The number of carbonyl (C=O) groups excluding carboxylic acids is 2. The number of aryl methyl sites for hydroxylation is 2. The van der Waals surface area contributed by atoms with Gasteiger partial charge in [0.2, 0.25) is 0 Å². The van der Waals surface area contributed by atoms with Crippen LogP contribution in [0.3, 0.4) is 0 Å². The molecule has 0 aliphatic heterocycles. The summed E-state index contributed by atoms with van der Waals surface area (Å²) < 4.78 is 66.9. The Morgan fingerprint density at radius 3 is 1.45 bits per heavy atom. The number of hydrogen-bond donors (Lipinski definition) is 3. The zero-order valence-electron chi connectivity index (χ0n) is 22.7. The number of carbonyl (C=O) groups is 2. The molecular formula is C29H27N3O8S2. The van der Waals surface area contributed by atoms with E-state index in [0.717, 1.165) is 18.2 Å². The van der Waals surface area contributed by atoms with E-state index >= 15 is 0 Å². The largest absolute Gasteiger partial charge is 0.465 e. The molecule has 0 heterocycles. The van der Waals surface area contributed by atoms with Crippen molar-refractivity contribution in [2.24, 2.45) is 5.73 Å². The SMILES string of the molecule is COC(=O)c1cc(Oc2ccc(NS(=O)(=O)c3ccc(C)cc3)c(C(N)=O)c2)ccc1NS(=O)(=O)c1ccc(C)cc1. The van der Waals surface area contributed by atoms with Crippen molar-refractivity contribution in [3.8, 4) is 11.5 Å². The summed E-state index contributed by atoms with van der Waals surface area (Å²) in [6, 6.07) is 20.2. The summed E-state index contributed by atoms with van der Waals surface area (Å²) in [7, 11) is -6.91. The van der Waals surface area contributed by atoms with Crippen molar-refractivity contribution in [1.29, 1.82) is 0 Å². The van der Waals surface area contributed by atoms with Crippen molar-refractivity contribution in [1.82, 2.24) is 0 Å². The first-order chi connectivity index (χ1) is 19.8. The van der Waals surface area contributed by atoms with Gasteiger partial charge in [-0.05, 0) is 74.5 Å². The summed E-state index contributed by atoms with van der Waals surface area (Å²) in [6.07, 6.45) is 0. The van der Waals surface area contributed by atoms with Crippen molar-refractivity contribution in [3.05, 3.63) is 107 Å². The van der Waals surface area contributed by atoms with Crippen LogP contribution in [0.25, 0.3) is 0 Å². The summed E-state index contributed by atoms with van der Waals surface area (Å²) in [4.78, 5) is 24.7. The summed E-state index contributed by atoms with van der Waals surface area (Å²) in [6.45, 7) is 3.64. The smallest absolute Gasteiger partial charge is 0.340 e. The van der Waals surface area contributed by atoms with Crippen molar-refractivity contribution in [3.63, 3.8) is 0 Å². The van der Waals surface area contributed by atoms with Gasteiger partial charge >= 0.3 is 5.97 Å². The predicted molar refractivity (Wildman–Crippen MR) is 157 cm³/mol. The quantitative estimate of drug-likeness (QED) is 0.219. The van der Waals surface area contributed by atoms with E-state index in [1.807, 2.05) is 13.8 Å². The number of sulfonamides is 2. The maximum atomic E-state index is 12.9. The van der Waals surface area contributed by atoms with Crippen LogP contribution in [-0.4, -0.2) is 35.8 Å². The summed E-state index contributed by atoms with van der Waals surface area (Å²) in [5.41, 5.74) is 6.85. The van der Waals surface area contributed by atoms with Crippen LogP contribution in [0.15, 0.2) is 94.7 Å². The average Bonchev–Trinajstić information content (AvgIpc) is 2.94. The molecular weight excluding hydrogens is 582 g/mol. The van der Waals surface area contributed by atoms with Crippen LogP contribution in [0.1, 0.15) is 31.8 Å². The molecule has 0 aromatic heterocycles. The highest BCUT2D eigenvalue weighted by atomic mass is 32.2. The second kappa shape index (κ2) is 11.9. The minimum atomic E-state index is -4.03. The highest BCUT2D eigenvalue weighted by molar-refractivity contribution is 7.93. The van der Waals surface area contributed by atoms with Gasteiger partial charge in [0.25, 0.3) is 26.0 Å². The zero-order chi connectivity index (χ0) is 30.7. The van der Waals surface area contributed by atoms with Crippen molar-refractivity contribution >= 4 is 43.3 Å². The van der Waals surface area contributed by atoms with E-state index in [1.165, 1.54) is 60.7 Å². The molecule has 1 amide bonds. The zero-order valence-corrected chi connectivity index (χ0v) is 24.4. The van der Waals surface area contributed by atoms with Crippen LogP contribution >= 0.6 is 0 Å². The number of hydrogen-bond acceptors (Lipinski definition) is 8. The third-order valence-corrected chi connectivity index (χ3v) is 8.80. The first-order valence-corrected chi connectivity index (χ1v) is 15.3. The van der Waals surface area contributed by atoms with Gasteiger partial charge in [0.1, 0.15) is 11.5 Å². The minimum absolute atomic E-state index is 0.00122. The number of amides is 1. The maximum absolute atomic E-state index is 12.9. The summed E-state index contributed by atoms with van der Waals surface area (Å²) in [5, 5.41) is 0. The molecule has 42 heavy (non-hydrogen) atoms. The van der Waals surface area contributed by atoms with Gasteiger partial charge < -0.3 is 15.2 Å². The van der Waals surface area contributed by atoms with Crippen LogP contribution in [0.4, 0.5) is 11.4 Å². The van der Waals surface area contributed by atoms with E-state index in [9.17, 15) is 26.4 Å². The number of nitrogens with two attached hydrogens (primary N) is 1. The Labute approximate surface area is 243 Å². The maximum Gasteiger partial charge on any atom is 0.340 e. The molecule has 0 aliphatic carbocycles. The molecule has 0 radical (unpaired) electrons. The second-order valence-electron chi connectivity index (χ2n) is 9.21. The third-order valence-electron chi connectivity index (χ3n) is 6.04. The molecule has 13 heteroatoms. The Hall–Kier alpha value is -4.88. The number of ether oxygens (including phenoxy) is 2. The van der Waals surface area contributed by atoms with Crippen molar-refractivity contribution in [2.45, 2.75) is 23.6 Å². The molecule has 0 spiro atoms. The number of esters is 1. The van der Waals surface area contributed by atoms with Gasteiger partial charge in [-0.15, -0.1) is 0 Å². The molecule has 0 aliphatic rings. The van der Waals surface area contributed by atoms with Gasteiger partial charge in [-0.2, -0.15) is 0 Å². The number of methoxy groups -OCH3 is 1. The van der Waals surface area contributed by atoms with Crippen LogP contribution in [-0.2, 0) is 24.8 Å². The first-order valence-electron chi connectivity index (χ1n) is 12.3. The predicted octanol–water partition coefficient (Wildman–Crippen LogP) is 4.58. The minimum Gasteiger partial charge on any atom is -0.465 e. The Balaban J connectivity index is 1.62. The van der Waals surface area contributed by atoms with Gasteiger partial charge in [0.15, 0.2) is 0 Å². The highest BCUT2D eigenvalue weighted by Crippen LogP contribution is 2.31. The number of benzene rings is 4. The number of primary amides is 1. The number of rotatable bonds is 10. The molecule has 11 nitrogen and oxygen atoms in total. The van der Waals surface area contributed by atoms with Crippen molar-refractivity contribution < 1.29 is 35.9 Å². The van der Waals surface area contributed by atoms with Gasteiger partial charge in [0.05, 0.1) is 39.4 Å². The van der Waals surface area contributed by atoms with E-state index in [-0.39, 0.29) is 43.8 Å². The lowest BCUT2D eigenvalue weighted by atomic mass is 10.1. The summed E-state index contributed by atoms with van der Waals surface area (Å²) >= 11 is 0. The van der Waals surface area contributed by atoms with Crippen molar-refractivity contribution in [2.75, 3.05) is 16.6 Å². The molecule has 0 atom stereocenters. The molecule has 218 valence electrons. The Bertz CT molecular complexity index is 1870. The monoisotopic (exact) mass is 609 g/mol. The Kier molecular flexibility index (Phi) is 8.54. The molecule has 0 saturated carbocycles. The molecule has 4 N–H and O–H groups in total. The average molecular weight is 610 g/mol. The van der Waals surface area contributed by atoms with Gasteiger partial charge in [-0.1, -0.05) is 35.4 Å². The van der Waals surface area contributed by atoms with E-state index in [1.54, 1.807) is 24.3 Å².